The zero-order chi connectivity index (χ0) is 5.86. The lowest BCUT2D eigenvalue weighted by atomic mass is 10.3. The lowest BCUT2D eigenvalue weighted by molar-refractivity contribution is -0.508. The molecule has 0 bridgehead atoms. The summed E-state index contributed by atoms with van der Waals surface area (Å²) in [4.78, 5) is 10.3. The van der Waals surface area contributed by atoms with Gasteiger partial charge in [0.1, 0.15) is 6.04 Å². The molecule has 1 amide bonds. The molecule has 0 rings (SSSR count). The summed E-state index contributed by atoms with van der Waals surface area (Å²) in [5, 5.41) is 1.23. The summed E-state index contributed by atoms with van der Waals surface area (Å²) >= 11 is 0. The van der Waals surface area contributed by atoms with Gasteiger partial charge in [0.25, 0.3) is 0 Å². The Kier molecular flexibility index (Phi) is 2.55. The minimum Gasteiger partial charge on any atom is -0.414 e. The molecule has 0 aromatic heterocycles. The summed E-state index contributed by atoms with van der Waals surface area (Å²) in [5.74, 6) is -0.111. The summed E-state index contributed by atoms with van der Waals surface area (Å²) < 4.78 is 0. The average Bonchev–Trinajstić information content (AvgIpc) is 1.65. The monoisotopic (exact) mass is 102 g/mol. The summed E-state index contributed by atoms with van der Waals surface area (Å²) in [7, 11) is 3.25. The van der Waals surface area contributed by atoms with Crippen LogP contribution in [0.5, 0.6) is 0 Å². The third-order valence-electron chi connectivity index (χ3n) is 0.650. The Balaban J connectivity index is 3.35. The van der Waals surface area contributed by atoms with Crippen molar-refractivity contribution in [3.8, 4) is 0 Å². The number of quaternary nitrogens is 1. The van der Waals surface area contributed by atoms with Gasteiger partial charge >= 0.3 is 5.91 Å². The Morgan fingerprint density at radius 1 is 2.00 bits per heavy atom. The van der Waals surface area contributed by atoms with E-state index in [4.69, 9.17) is 5.73 Å². The molecule has 0 heterocycles. The maximum absolute atomic E-state index is 10.3. The summed E-state index contributed by atoms with van der Waals surface area (Å²) in [6, 6.07) is -0.391. The van der Waals surface area contributed by atoms with Crippen LogP contribution in [-0.4, -0.2) is 11.9 Å². The minimum atomic E-state index is -0.391. The fourth-order valence-corrected chi connectivity index (χ4v) is 0.186. The fraction of sp³-hybridized carbons (Fsp3) is 0.500. The number of rotatable bonds is 1. The first-order chi connectivity index (χ1) is 3.18. The van der Waals surface area contributed by atoms with Gasteiger partial charge < -0.3 is 11.1 Å². The van der Waals surface area contributed by atoms with Crippen molar-refractivity contribution < 1.29 is 10.1 Å². The average molecular weight is 102 g/mol. The molecule has 0 aromatic carbocycles. The molecule has 3 nitrogen and oxygen atoms in total. The van der Waals surface area contributed by atoms with Gasteiger partial charge in [-0.05, 0) is 6.92 Å². The van der Waals surface area contributed by atoms with Crippen LogP contribution in [0.1, 0.15) is 6.92 Å². The topological polar surface area (TPSA) is 59.7 Å². The molecule has 4 N–H and O–H groups in total. The first kappa shape index (κ1) is 6.59. The maximum atomic E-state index is 10.3. The van der Waals surface area contributed by atoms with E-state index in [2.05, 4.69) is 7.05 Å². The number of carbonyl (C=O) groups excluding carboxylic acids is 1. The standard InChI is InChI=1S/C4H10N2O/c1-3(5)4(7)6-2/h3H,2,5-6H2,1H3/t3-/m0/s1. The molecular weight excluding hydrogens is 92.1 g/mol. The third-order valence-corrected chi connectivity index (χ3v) is 0.650. The van der Waals surface area contributed by atoms with Crippen molar-refractivity contribution in [3.05, 3.63) is 7.05 Å². The highest BCUT2D eigenvalue weighted by Gasteiger charge is 2.03. The third kappa shape index (κ3) is 2.31. The number of hydrogen-bond donors (Lipinski definition) is 2. The normalized spacial score (nSPS) is 13.6. The van der Waals surface area contributed by atoms with Gasteiger partial charge in [0.15, 0.2) is 0 Å². The summed E-state index contributed by atoms with van der Waals surface area (Å²) in [6.07, 6.45) is 0. The molecule has 42 valence electrons. The SMILES string of the molecule is [CH2-][NH2+]C(=O)[C@H](C)N. The summed E-state index contributed by atoms with van der Waals surface area (Å²) in [5.41, 5.74) is 5.13. The van der Waals surface area contributed by atoms with Crippen LogP contribution in [0.4, 0.5) is 0 Å². The molecule has 0 radical (unpaired) electrons. The highest BCUT2D eigenvalue weighted by atomic mass is 16.2. The quantitative estimate of drug-likeness (QED) is 0.384. The molecular formula is C4H10N2O. The van der Waals surface area contributed by atoms with Crippen molar-refractivity contribution in [2.45, 2.75) is 13.0 Å². The van der Waals surface area contributed by atoms with Gasteiger partial charge in [0.2, 0.25) is 0 Å². The predicted octanol–water partition coefficient (Wildman–Crippen LogP) is -1.78. The summed E-state index contributed by atoms with van der Waals surface area (Å²) in [6.45, 7) is 1.63. The smallest absolute Gasteiger partial charge is 0.301 e. The molecule has 0 aromatic rings. The molecule has 0 fully saturated rings. The van der Waals surface area contributed by atoms with E-state index in [1.165, 1.54) is 5.32 Å². The lowest BCUT2D eigenvalue weighted by Crippen LogP contribution is -2.84. The number of amides is 1. The van der Waals surface area contributed by atoms with E-state index >= 15 is 0 Å². The van der Waals surface area contributed by atoms with Gasteiger partial charge in [-0.2, -0.15) is 0 Å². The molecule has 0 saturated heterocycles. The largest absolute Gasteiger partial charge is 0.414 e. The van der Waals surface area contributed by atoms with E-state index in [9.17, 15) is 4.79 Å². The van der Waals surface area contributed by atoms with Gasteiger partial charge in [-0.3, -0.25) is 0 Å². The Morgan fingerprint density at radius 2 is 2.43 bits per heavy atom. The van der Waals surface area contributed by atoms with Crippen LogP contribution in [0.25, 0.3) is 0 Å². The Morgan fingerprint density at radius 3 is 2.43 bits per heavy atom. The highest BCUT2D eigenvalue weighted by Crippen LogP contribution is 1.63. The van der Waals surface area contributed by atoms with Crippen LogP contribution in [-0.2, 0) is 4.79 Å². The number of nitrogens with two attached hydrogens (primary N) is 2. The lowest BCUT2D eigenvalue weighted by Gasteiger charge is -1.98. The van der Waals surface area contributed by atoms with Crippen LogP contribution in [0, 0.1) is 7.05 Å². The van der Waals surface area contributed by atoms with Gasteiger partial charge in [-0.25, -0.2) is 4.79 Å². The van der Waals surface area contributed by atoms with Gasteiger partial charge in [0.05, 0.1) is 0 Å². The first-order valence-corrected chi connectivity index (χ1v) is 2.10. The Labute approximate surface area is 42.9 Å². The van der Waals surface area contributed by atoms with Gasteiger partial charge in [-0.15, -0.1) is 7.05 Å². The second-order valence-corrected chi connectivity index (χ2v) is 1.40. The van der Waals surface area contributed by atoms with E-state index in [1.807, 2.05) is 0 Å². The zero-order valence-corrected chi connectivity index (χ0v) is 4.35. The molecule has 0 unspecified atom stereocenters. The van der Waals surface area contributed by atoms with E-state index in [-0.39, 0.29) is 5.91 Å². The molecule has 7 heavy (non-hydrogen) atoms. The van der Waals surface area contributed by atoms with Crippen molar-refractivity contribution in [3.63, 3.8) is 0 Å². The van der Waals surface area contributed by atoms with Crippen LogP contribution >= 0.6 is 0 Å². The van der Waals surface area contributed by atoms with Crippen molar-refractivity contribution in [1.29, 1.82) is 0 Å². The van der Waals surface area contributed by atoms with Crippen molar-refractivity contribution >= 4 is 5.91 Å². The Bertz CT molecular complexity index is 70.1. The number of carbonyl (C=O) groups is 1. The first-order valence-electron chi connectivity index (χ1n) is 2.10. The van der Waals surface area contributed by atoms with E-state index in [0.29, 0.717) is 0 Å². The zero-order valence-electron chi connectivity index (χ0n) is 4.35. The van der Waals surface area contributed by atoms with Crippen molar-refractivity contribution in [1.82, 2.24) is 0 Å². The highest BCUT2D eigenvalue weighted by molar-refractivity contribution is 5.71. The van der Waals surface area contributed by atoms with E-state index in [0.717, 1.165) is 0 Å². The second-order valence-electron chi connectivity index (χ2n) is 1.40. The molecule has 1 atom stereocenters. The number of hydrogen-bond acceptors (Lipinski definition) is 2. The van der Waals surface area contributed by atoms with Crippen LogP contribution < -0.4 is 11.1 Å². The molecule has 0 aliphatic heterocycles. The van der Waals surface area contributed by atoms with Gasteiger partial charge in [-0.1, -0.05) is 0 Å². The Hall–Kier alpha value is -0.410. The van der Waals surface area contributed by atoms with E-state index < -0.39 is 6.04 Å². The van der Waals surface area contributed by atoms with Crippen LogP contribution in [0.15, 0.2) is 0 Å². The minimum absolute atomic E-state index is 0.111. The van der Waals surface area contributed by atoms with Gasteiger partial charge in [0, 0.05) is 0 Å². The van der Waals surface area contributed by atoms with Crippen molar-refractivity contribution in [2.24, 2.45) is 5.73 Å². The molecule has 0 spiro atoms. The van der Waals surface area contributed by atoms with Crippen LogP contribution in [0.3, 0.4) is 0 Å². The molecule has 0 aliphatic rings. The molecule has 0 saturated carbocycles. The van der Waals surface area contributed by atoms with E-state index in [1.54, 1.807) is 6.92 Å². The second kappa shape index (κ2) is 2.71. The fourth-order valence-electron chi connectivity index (χ4n) is 0.186. The maximum Gasteiger partial charge on any atom is 0.301 e. The van der Waals surface area contributed by atoms with Crippen LogP contribution in [0.2, 0.25) is 0 Å². The number of primary amides is 1. The van der Waals surface area contributed by atoms with Crippen molar-refractivity contribution in [2.75, 3.05) is 0 Å². The molecule has 3 heteroatoms. The predicted molar refractivity (Wildman–Crippen MR) is 25.9 cm³/mol. The molecule has 0 aliphatic carbocycles.